The van der Waals surface area contributed by atoms with Crippen molar-refractivity contribution in [3.63, 3.8) is 0 Å². The van der Waals surface area contributed by atoms with Gasteiger partial charge in [0.25, 0.3) is 5.56 Å². The van der Waals surface area contributed by atoms with E-state index in [1.807, 2.05) is 18.4 Å². The molecule has 0 spiro atoms. The van der Waals surface area contributed by atoms with Crippen LogP contribution in [-0.2, 0) is 4.79 Å². The van der Waals surface area contributed by atoms with Crippen LogP contribution in [0.2, 0.25) is 0 Å². The predicted octanol–water partition coefficient (Wildman–Crippen LogP) is 3.93. The van der Waals surface area contributed by atoms with E-state index >= 15 is 0 Å². The van der Waals surface area contributed by atoms with Gasteiger partial charge in [-0.15, -0.1) is 11.8 Å². The molecule has 1 aliphatic rings. The average Bonchev–Trinajstić information content (AvgIpc) is 3.47. The van der Waals surface area contributed by atoms with Crippen molar-refractivity contribution in [2.75, 3.05) is 12.8 Å². The summed E-state index contributed by atoms with van der Waals surface area (Å²) >= 11 is 1.70. The van der Waals surface area contributed by atoms with Gasteiger partial charge in [0.15, 0.2) is 0 Å². The summed E-state index contributed by atoms with van der Waals surface area (Å²) in [6, 6.07) is 12.3. The molecule has 0 radical (unpaired) electrons. The predicted molar refractivity (Wildman–Crippen MR) is 108 cm³/mol. The highest BCUT2D eigenvalue weighted by molar-refractivity contribution is 7.98. The van der Waals surface area contributed by atoms with Gasteiger partial charge in [-0.05, 0) is 55.2 Å². The van der Waals surface area contributed by atoms with Gasteiger partial charge in [0, 0.05) is 35.2 Å². The SMILES string of the molecule is CSc1ccc(C(=CCCNC(C)=O)c2ccc(C3CC3)c(=O)[nH]2)cc1. The minimum absolute atomic E-state index is 0.0125. The number of aromatic amines is 1. The molecule has 0 aliphatic heterocycles. The van der Waals surface area contributed by atoms with Crippen molar-refractivity contribution in [2.45, 2.75) is 37.0 Å². The number of amides is 1. The standard InChI is InChI=1S/C21H24N2O2S/c1-14(24)22-13-3-4-18(15-7-9-17(26-2)10-8-15)20-12-11-19(16-5-6-16)21(25)23-20/h4,7-12,16H,3,5-6,13H2,1-2H3,(H,22,24)(H,23,25). The number of aromatic nitrogens is 1. The maximum atomic E-state index is 12.4. The summed E-state index contributed by atoms with van der Waals surface area (Å²) in [6.07, 6.45) is 7.04. The lowest BCUT2D eigenvalue weighted by Gasteiger charge is -2.11. The van der Waals surface area contributed by atoms with E-state index in [1.54, 1.807) is 11.8 Å². The smallest absolute Gasteiger partial charge is 0.251 e. The summed E-state index contributed by atoms with van der Waals surface area (Å²) in [5.74, 6) is 0.396. The molecule has 1 saturated carbocycles. The number of carbonyl (C=O) groups excluding carboxylic acids is 1. The first-order chi connectivity index (χ1) is 12.6. The van der Waals surface area contributed by atoms with Crippen molar-refractivity contribution in [1.82, 2.24) is 10.3 Å². The number of nitrogens with one attached hydrogen (secondary N) is 2. The number of H-pyrrole nitrogens is 1. The number of pyridine rings is 1. The van der Waals surface area contributed by atoms with Crippen molar-refractivity contribution < 1.29 is 4.79 Å². The molecule has 3 rings (SSSR count). The van der Waals surface area contributed by atoms with Crippen LogP contribution in [0.15, 0.2) is 52.2 Å². The molecule has 5 heteroatoms. The molecule has 0 saturated heterocycles. The maximum Gasteiger partial charge on any atom is 0.251 e. The van der Waals surface area contributed by atoms with Crippen LogP contribution < -0.4 is 10.9 Å². The first kappa shape index (κ1) is 18.5. The summed E-state index contributed by atoms with van der Waals surface area (Å²) < 4.78 is 0. The number of carbonyl (C=O) groups is 1. The number of rotatable bonds is 7. The molecule has 1 heterocycles. The fraction of sp³-hybridized carbons (Fsp3) is 0.333. The molecule has 2 aromatic rings. The average molecular weight is 369 g/mol. The van der Waals surface area contributed by atoms with E-state index in [0.717, 1.165) is 35.2 Å². The normalized spacial score (nSPS) is 14.3. The lowest BCUT2D eigenvalue weighted by Crippen LogP contribution is -2.20. The van der Waals surface area contributed by atoms with Crippen LogP contribution in [-0.4, -0.2) is 23.7 Å². The van der Waals surface area contributed by atoms with Crippen molar-refractivity contribution in [2.24, 2.45) is 0 Å². The topological polar surface area (TPSA) is 62.0 Å². The van der Waals surface area contributed by atoms with Crippen molar-refractivity contribution >= 4 is 23.2 Å². The third-order valence-electron chi connectivity index (χ3n) is 4.52. The molecule has 0 unspecified atom stereocenters. The Hall–Kier alpha value is -2.27. The van der Waals surface area contributed by atoms with E-state index in [1.165, 1.54) is 11.8 Å². The molecule has 4 nitrogen and oxygen atoms in total. The minimum Gasteiger partial charge on any atom is -0.356 e. The molecule has 0 bridgehead atoms. The van der Waals surface area contributed by atoms with Crippen molar-refractivity contribution in [3.8, 4) is 0 Å². The van der Waals surface area contributed by atoms with Crippen molar-refractivity contribution in [3.05, 3.63) is 69.6 Å². The Labute approximate surface area is 158 Å². The number of hydrogen-bond acceptors (Lipinski definition) is 3. The van der Waals surface area contributed by atoms with Gasteiger partial charge in [-0.2, -0.15) is 0 Å². The van der Waals surface area contributed by atoms with E-state index in [0.29, 0.717) is 18.9 Å². The van der Waals surface area contributed by atoms with E-state index in [-0.39, 0.29) is 11.5 Å². The second-order valence-electron chi connectivity index (χ2n) is 6.55. The van der Waals surface area contributed by atoms with Gasteiger partial charge in [0.1, 0.15) is 0 Å². The fourth-order valence-electron chi connectivity index (χ4n) is 2.98. The summed E-state index contributed by atoms with van der Waals surface area (Å²) in [5, 5.41) is 2.81. The summed E-state index contributed by atoms with van der Waals surface area (Å²) in [6.45, 7) is 2.09. The lowest BCUT2D eigenvalue weighted by atomic mass is 10.00. The second-order valence-corrected chi connectivity index (χ2v) is 7.43. The molecule has 1 aromatic heterocycles. The first-order valence-corrected chi connectivity index (χ1v) is 10.1. The van der Waals surface area contributed by atoms with Gasteiger partial charge >= 0.3 is 0 Å². The number of hydrogen-bond donors (Lipinski definition) is 2. The molecule has 1 amide bonds. The van der Waals surface area contributed by atoms with Gasteiger partial charge in [-0.1, -0.05) is 24.3 Å². The minimum atomic E-state index is -0.0357. The molecule has 1 fully saturated rings. The Bertz CT molecular complexity index is 864. The Kier molecular flexibility index (Phi) is 5.99. The highest BCUT2D eigenvalue weighted by atomic mass is 32.2. The van der Waals surface area contributed by atoms with Gasteiger partial charge < -0.3 is 10.3 Å². The highest BCUT2D eigenvalue weighted by Gasteiger charge is 2.26. The van der Waals surface area contributed by atoms with Crippen LogP contribution in [0, 0.1) is 0 Å². The Morgan fingerprint density at radius 1 is 1.23 bits per heavy atom. The Morgan fingerprint density at radius 3 is 2.54 bits per heavy atom. The number of thioether (sulfide) groups is 1. The van der Waals surface area contributed by atoms with Crippen LogP contribution >= 0.6 is 11.8 Å². The molecule has 1 aromatic carbocycles. The second kappa shape index (κ2) is 8.41. The van der Waals surface area contributed by atoms with Gasteiger partial charge in [0.2, 0.25) is 5.91 Å². The molecule has 136 valence electrons. The molecule has 2 N–H and O–H groups in total. The van der Waals surface area contributed by atoms with E-state index in [2.05, 4.69) is 40.6 Å². The summed E-state index contributed by atoms with van der Waals surface area (Å²) in [5.41, 5.74) is 3.77. The van der Waals surface area contributed by atoms with Gasteiger partial charge in [0.05, 0.1) is 0 Å². The third-order valence-corrected chi connectivity index (χ3v) is 5.26. The number of benzene rings is 1. The zero-order valence-electron chi connectivity index (χ0n) is 15.2. The maximum absolute atomic E-state index is 12.4. The zero-order valence-corrected chi connectivity index (χ0v) is 16.0. The van der Waals surface area contributed by atoms with Crippen LogP contribution in [0.4, 0.5) is 0 Å². The van der Waals surface area contributed by atoms with Crippen molar-refractivity contribution in [1.29, 1.82) is 0 Å². The first-order valence-electron chi connectivity index (χ1n) is 8.91. The molecular formula is C21H24N2O2S. The molecule has 26 heavy (non-hydrogen) atoms. The quantitative estimate of drug-likeness (QED) is 0.575. The van der Waals surface area contributed by atoms with E-state index in [9.17, 15) is 9.59 Å². The van der Waals surface area contributed by atoms with Gasteiger partial charge in [-0.25, -0.2) is 0 Å². The molecule has 1 aliphatic carbocycles. The van der Waals surface area contributed by atoms with Crippen LogP contribution in [0.3, 0.4) is 0 Å². The van der Waals surface area contributed by atoms with E-state index in [4.69, 9.17) is 0 Å². The van der Waals surface area contributed by atoms with Crippen LogP contribution in [0.5, 0.6) is 0 Å². The fourth-order valence-corrected chi connectivity index (χ4v) is 3.38. The summed E-state index contributed by atoms with van der Waals surface area (Å²) in [7, 11) is 0. The highest BCUT2D eigenvalue weighted by Crippen LogP contribution is 2.38. The molecule has 0 atom stereocenters. The van der Waals surface area contributed by atoms with Crippen LogP contribution in [0.25, 0.3) is 5.57 Å². The Balaban J connectivity index is 1.90. The van der Waals surface area contributed by atoms with Crippen LogP contribution in [0.1, 0.15) is 48.9 Å². The van der Waals surface area contributed by atoms with E-state index < -0.39 is 0 Å². The third kappa shape index (κ3) is 4.67. The summed E-state index contributed by atoms with van der Waals surface area (Å²) in [4.78, 5) is 27.8. The van der Waals surface area contributed by atoms with Gasteiger partial charge in [-0.3, -0.25) is 9.59 Å². The lowest BCUT2D eigenvalue weighted by molar-refractivity contribution is -0.118. The zero-order chi connectivity index (χ0) is 18.5. The monoisotopic (exact) mass is 368 g/mol. The molecular weight excluding hydrogens is 344 g/mol. The Morgan fingerprint density at radius 2 is 1.96 bits per heavy atom. The largest absolute Gasteiger partial charge is 0.356 e.